The van der Waals surface area contributed by atoms with Gasteiger partial charge in [-0.1, -0.05) is 0 Å². The molecule has 10 heteroatoms. The van der Waals surface area contributed by atoms with Crippen LogP contribution < -0.4 is 15.4 Å². The molecule has 0 unspecified atom stereocenters. The number of anilines is 1. The van der Waals surface area contributed by atoms with E-state index >= 15 is 0 Å². The van der Waals surface area contributed by atoms with Gasteiger partial charge >= 0.3 is 0 Å². The molecule has 3 N–H and O–H groups in total. The molecule has 4 heterocycles. The summed E-state index contributed by atoms with van der Waals surface area (Å²) in [5.41, 5.74) is 2.37. The van der Waals surface area contributed by atoms with E-state index in [4.69, 9.17) is 9.72 Å². The van der Waals surface area contributed by atoms with E-state index in [0.29, 0.717) is 23.3 Å². The second-order valence-electron chi connectivity index (χ2n) is 8.62. The minimum atomic E-state index is -0.148. The van der Waals surface area contributed by atoms with Crippen LogP contribution in [-0.2, 0) is 4.79 Å². The molecule has 1 amide bonds. The topological polar surface area (TPSA) is 122 Å². The van der Waals surface area contributed by atoms with Crippen molar-refractivity contribution in [3.05, 3.63) is 31.0 Å². The summed E-state index contributed by atoms with van der Waals surface area (Å²) in [6.07, 6.45) is 12.9. The summed E-state index contributed by atoms with van der Waals surface area (Å²) in [6.45, 7) is 3.67. The largest absolute Gasteiger partial charge is 0.480 e. The van der Waals surface area contributed by atoms with E-state index < -0.39 is 0 Å². The van der Waals surface area contributed by atoms with Crippen LogP contribution in [0, 0.1) is 0 Å². The zero-order chi connectivity index (χ0) is 22.3. The van der Waals surface area contributed by atoms with E-state index in [-0.39, 0.29) is 17.5 Å². The lowest BCUT2D eigenvalue weighted by atomic mass is 9.81. The van der Waals surface area contributed by atoms with Crippen LogP contribution in [0.3, 0.4) is 0 Å². The van der Waals surface area contributed by atoms with Crippen molar-refractivity contribution >= 4 is 28.7 Å². The molecule has 5 rings (SSSR count). The quantitative estimate of drug-likeness (QED) is 0.441. The van der Waals surface area contributed by atoms with Gasteiger partial charge in [-0.25, -0.2) is 9.97 Å². The van der Waals surface area contributed by atoms with Gasteiger partial charge in [0.15, 0.2) is 0 Å². The Morgan fingerprint density at radius 3 is 2.84 bits per heavy atom. The van der Waals surface area contributed by atoms with Gasteiger partial charge in [0.1, 0.15) is 5.65 Å². The second kappa shape index (κ2) is 7.77. The van der Waals surface area contributed by atoms with Gasteiger partial charge in [-0.2, -0.15) is 9.97 Å². The van der Waals surface area contributed by atoms with Gasteiger partial charge < -0.3 is 20.4 Å². The number of H-pyrrole nitrogens is 1. The van der Waals surface area contributed by atoms with E-state index in [1.807, 2.05) is 23.0 Å². The summed E-state index contributed by atoms with van der Waals surface area (Å²) in [5, 5.41) is 7.33. The Labute approximate surface area is 184 Å². The van der Waals surface area contributed by atoms with Gasteiger partial charge in [0.05, 0.1) is 12.5 Å². The Bertz CT molecular complexity index is 1290. The number of hydrogen-bond donors (Lipinski definition) is 3. The molecule has 4 aromatic rings. The first kappa shape index (κ1) is 20.2. The lowest BCUT2D eigenvalue weighted by Gasteiger charge is -2.38. The first-order valence-electron chi connectivity index (χ1n) is 10.7. The summed E-state index contributed by atoms with van der Waals surface area (Å²) in [6, 6.07) is 0.237. The number of aromatic nitrogens is 6. The Kier molecular flexibility index (Phi) is 4.91. The molecular weight excluding hydrogens is 408 g/mol. The maximum atomic E-state index is 11.5. The molecule has 0 aromatic carbocycles. The molecule has 0 bridgehead atoms. The number of methoxy groups -OCH3 is 1. The summed E-state index contributed by atoms with van der Waals surface area (Å²) >= 11 is 0. The summed E-state index contributed by atoms with van der Waals surface area (Å²) < 4.78 is 7.50. The van der Waals surface area contributed by atoms with Crippen LogP contribution in [0.1, 0.15) is 39.5 Å². The molecule has 0 radical (unpaired) electrons. The molecule has 0 spiro atoms. The highest BCUT2D eigenvalue weighted by atomic mass is 16.5. The zero-order valence-corrected chi connectivity index (χ0v) is 18.3. The van der Waals surface area contributed by atoms with Gasteiger partial charge in [-0.05, 0) is 32.6 Å². The molecule has 10 nitrogen and oxygen atoms in total. The van der Waals surface area contributed by atoms with Crippen LogP contribution in [0.25, 0.3) is 27.9 Å². The number of ether oxygens (including phenoxy) is 1. The van der Waals surface area contributed by atoms with Crippen molar-refractivity contribution in [1.29, 1.82) is 0 Å². The van der Waals surface area contributed by atoms with Gasteiger partial charge in [-0.3, -0.25) is 9.20 Å². The van der Waals surface area contributed by atoms with Crippen molar-refractivity contribution < 1.29 is 9.53 Å². The summed E-state index contributed by atoms with van der Waals surface area (Å²) in [7, 11) is 1.61. The van der Waals surface area contributed by atoms with E-state index in [9.17, 15) is 4.79 Å². The van der Waals surface area contributed by atoms with E-state index in [2.05, 4.69) is 37.5 Å². The highest BCUT2D eigenvalue weighted by Gasteiger charge is 2.32. The fourth-order valence-electron chi connectivity index (χ4n) is 4.53. The predicted molar refractivity (Wildman–Crippen MR) is 121 cm³/mol. The highest BCUT2D eigenvalue weighted by Crippen LogP contribution is 2.35. The number of fused-ring (bicyclic) bond motifs is 2. The van der Waals surface area contributed by atoms with Gasteiger partial charge in [0, 0.05) is 60.6 Å². The predicted octanol–water partition coefficient (Wildman–Crippen LogP) is 2.93. The SMILES string of the molecule is COc1nc(N[C@H]2CC[C@](C)(NC(C)=O)CC2)nc2[nH]cc(-c3cnc4nccn4c3)c12. The molecule has 166 valence electrons. The summed E-state index contributed by atoms with van der Waals surface area (Å²) in [4.78, 5) is 32.6. The van der Waals surface area contributed by atoms with Crippen LogP contribution in [0.5, 0.6) is 5.88 Å². The fourth-order valence-corrected chi connectivity index (χ4v) is 4.53. The van der Waals surface area contributed by atoms with E-state index in [1.54, 1.807) is 26.4 Å². The number of nitrogens with zero attached hydrogens (tertiary/aromatic N) is 5. The third-order valence-electron chi connectivity index (χ3n) is 6.15. The Hall–Kier alpha value is -3.69. The van der Waals surface area contributed by atoms with Crippen LogP contribution in [0.4, 0.5) is 5.95 Å². The molecule has 1 saturated carbocycles. The molecule has 0 atom stereocenters. The number of carbonyl (C=O) groups is 1. The number of rotatable bonds is 5. The third kappa shape index (κ3) is 3.72. The first-order chi connectivity index (χ1) is 15.4. The van der Waals surface area contributed by atoms with Crippen molar-refractivity contribution in [2.45, 2.75) is 51.1 Å². The number of imidazole rings is 1. The highest BCUT2D eigenvalue weighted by molar-refractivity contribution is 5.97. The first-order valence-corrected chi connectivity index (χ1v) is 10.7. The molecular formula is C22H26N8O2. The standard InChI is InChI=1S/C22H26N8O2/c1-13(31)29-22(2)6-4-15(5-7-22)26-20-27-18-17(19(28-20)32-3)16(11-24-18)14-10-25-21-23-8-9-30(21)12-14/h8-12,15H,4-7H2,1-3H3,(H,29,31)(H2,24,26,27,28)/t15-,22-. The Morgan fingerprint density at radius 2 is 2.09 bits per heavy atom. The minimum Gasteiger partial charge on any atom is -0.480 e. The average Bonchev–Trinajstić information content (AvgIpc) is 3.40. The van der Waals surface area contributed by atoms with Crippen LogP contribution >= 0.6 is 0 Å². The zero-order valence-electron chi connectivity index (χ0n) is 18.3. The molecule has 1 aliphatic carbocycles. The van der Waals surface area contributed by atoms with Crippen LogP contribution in [0.15, 0.2) is 31.0 Å². The van der Waals surface area contributed by atoms with Gasteiger partial charge in [0.2, 0.25) is 23.5 Å². The Balaban J connectivity index is 1.40. The number of aromatic amines is 1. The minimum absolute atomic E-state index is 0.0161. The van der Waals surface area contributed by atoms with Gasteiger partial charge in [0.25, 0.3) is 0 Å². The lowest BCUT2D eigenvalue weighted by Crippen LogP contribution is -2.49. The average molecular weight is 435 g/mol. The van der Waals surface area contributed by atoms with Crippen LogP contribution in [-0.4, -0.2) is 53.9 Å². The molecule has 0 aliphatic heterocycles. The number of carbonyl (C=O) groups excluding carboxylic acids is 1. The molecule has 32 heavy (non-hydrogen) atoms. The molecule has 1 fully saturated rings. The van der Waals surface area contributed by atoms with Crippen molar-refractivity contribution in [2.75, 3.05) is 12.4 Å². The molecule has 4 aromatic heterocycles. The second-order valence-corrected chi connectivity index (χ2v) is 8.62. The number of nitrogens with one attached hydrogen (secondary N) is 3. The van der Waals surface area contributed by atoms with Crippen molar-refractivity contribution in [1.82, 2.24) is 34.6 Å². The van der Waals surface area contributed by atoms with E-state index in [0.717, 1.165) is 42.2 Å². The maximum Gasteiger partial charge on any atom is 0.233 e. The normalized spacial score (nSPS) is 21.0. The molecule has 1 aliphatic rings. The monoisotopic (exact) mass is 434 g/mol. The fraction of sp³-hybridized carbons (Fsp3) is 0.409. The Morgan fingerprint density at radius 1 is 1.28 bits per heavy atom. The third-order valence-corrected chi connectivity index (χ3v) is 6.15. The van der Waals surface area contributed by atoms with Crippen molar-refractivity contribution in [3.8, 4) is 17.0 Å². The lowest BCUT2D eigenvalue weighted by molar-refractivity contribution is -0.121. The van der Waals surface area contributed by atoms with Crippen molar-refractivity contribution in [2.24, 2.45) is 0 Å². The van der Waals surface area contributed by atoms with Crippen LogP contribution in [0.2, 0.25) is 0 Å². The maximum absolute atomic E-state index is 11.5. The molecule has 0 saturated heterocycles. The number of amides is 1. The van der Waals surface area contributed by atoms with Gasteiger partial charge in [-0.15, -0.1) is 0 Å². The van der Waals surface area contributed by atoms with Crippen molar-refractivity contribution in [3.63, 3.8) is 0 Å². The van der Waals surface area contributed by atoms with E-state index in [1.165, 1.54) is 0 Å². The number of hydrogen-bond acceptors (Lipinski definition) is 7. The smallest absolute Gasteiger partial charge is 0.233 e. The summed E-state index contributed by atoms with van der Waals surface area (Å²) in [5.74, 6) is 1.69.